The number of phenolic OH excluding ortho intramolecular Hbond substituents is 1. The van der Waals surface area contributed by atoms with E-state index < -0.39 is 17.4 Å². The predicted molar refractivity (Wildman–Crippen MR) is 33.4 cm³/mol. The van der Waals surface area contributed by atoms with Gasteiger partial charge in [-0.2, -0.15) is 0 Å². The fourth-order valence-electron chi connectivity index (χ4n) is 0.644. The molecule has 0 bridgehead atoms. The van der Waals surface area contributed by atoms with E-state index in [-0.39, 0.29) is 11.8 Å². The molecule has 0 spiro atoms. The van der Waals surface area contributed by atoms with Crippen LogP contribution < -0.4 is 0 Å². The van der Waals surface area contributed by atoms with Crippen molar-refractivity contribution in [1.82, 2.24) is 0 Å². The van der Waals surface area contributed by atoms with Gasteiger partial charge in [-0.05, 0) is 6.07 Å². The Morgan fingerprint density at radius 1 is 1.27 bits per heavy atom. The maximum absolute atomic E-state index is 12.4. The Kier molecular flexibility index (Phi) is 1.85. The second-order valence-electron chi connectivity index (χ2n) is 1.94. The quantitative estimate of drug-likeness (QED) is 0.628. The molecule has 0 heterocycles. The molecule has 1 N–H and O–H groups in total. The number of benzene rings is 1. The fraction of sp³-hybridized carbons (Fsp3) is 0. The highest BCUT2D eigenvalue weighted by atomic mass is 19.1. The van der Waals surface area contributed by atoms with E-state index in [0.29, 0.717) is 6.07 Å². The summed E-state index contributed by atoms with van der Waals surface area (Å²) in [5, 5.41) is 8.66. The number of rotatable bonds is 1. The zero-order chi connectivity index (χ0) is 8.43. The molecule has 0 aliphatic heterocycles. The summed E-state index contributed by atoms with van der Waals surface area (Å²) in [5.41, 5.74) is -0.357. The Labute approximate surface area is 61.1 Å². The molecule has 0 fully saturated rings. The average Bonchev–Trinajstić information content (AvgIpc) is 1.97. The van der Waals surface area contributed by atoms with Crippen LogP contribution in [0, 0.1) is 11.6 Å². The van der Waals surface area contributed by atoms with Crippen LogP contribution in [0.3, 0.4) is 0 Å². The third-order valence-electron chi connectivity index (χ3n) is 1.19. The lowest BCUT2D eigenvalue weighted by atomic mass is 10.2. The van der Waals surface area contributed by atoms with Crippen LogP contribution in [-0.2, 0) is 0 Å². The lowest BCUT2D eigenvalue weighted by Crippen LogP contribution is -1.89. The third kappa shape index (κ3) is 1.34. The van der Waals surface area contributed by atoms with Crippen LogP contribution in [0.5, 0.6) is 5.75 Å². The summed E-state index contributed by atoms with van der Waals surface area (Å²) in [4.78, 5) is 10.0. The first-order valence-electron chi connectivity index (χ1n) is 2.78. The van der Waals surface area contributed by atoms with Gasteiger partial charge >= 0.3 is 0 Å². The van der Waals surface area contributed by atoms with Crippen LogP contribution >= 0.6 is 0 Å². The van der Waals surface area contributed by atoms with Crippen molar-refractivity contribution in [1.29, 1.82) is 0 Å². The van der Waals surface area contributed by atoms with Crippen molar-refractivity contribution in [3.05, 3.63) is 29.3 Å². The van der Waals surface area contributed by atoms with Gasteiger partial charge in [-0.15, -0.1) is 0 Å². The molecule has 0 saturated carbocycles. The fourth-order valence-corrected chi connectivity index (χ4v) is 0.644. The minimum atomic E-state index is -1.08. The van der Waals surface area contributed by atoms with Crippen LogP contribution in [0.15, 0.2) is 12.1 Å². The van der Waals surface area contributed by atoms with Crippen molar-refractivity contribution < 1.29 is 18.7 Å². The van der Waals surface area contributed by atoms with E-state index in [1.165, 1.54) is 0 Å². The van der Waals surface area contributed by atoms with Crippen molar-refractivity contribution in [3.8, 4) is 5.75 Å². The Morgan fingerprint density at radius 3 is 2.45 bits per heavy atom. The van der Waals surface area contributed by atoms with Crippen molar-refractivity contribution in [2.45, 2.75) is 0 Å². The minimum absolute atomic E-state index is 0.203. The van der Waals surface area contributed by atoms with Gasteiger partial charge in [0.15, 0.2) is 17.9 Å². The highest BCUT2D eigenvalue weighted by molar-refractivity contribution is 5.75. The molecule has 58 valence electrons. The van der Waals surface area contributed by atoms with Crippen molar-refractivity contribution in [3.63, 3.8) is 0 Å². The molecule has 0 unspecified atom stereocenters. The predicted octanol–water partition coefficient (Wildman–Crippen LogP) is 1.48. The average molecular weight is 158 g/mol. The van der Waals surface area contributed by atoms with Gasteiger partial charge in [0.1, 0.15) is 5.82 Å². The third-order valence-corrected chi connectivity index (χ3v) is 1.19. The number of hydrogen-bond donors (Lipinski definition) is 1. The molecule has 11 heavy (non-hydrogen) atoms. The van der Waals surface area contributed by atoms with E-state index >= 15 is 0 Å². The maximum atomic E-state index is 12.4. The van der Waals surface area contributed by atoms with Gasteiger partial charge in [-0.25, -0.2) is 8.78 Å². The van der Waals surface area contributed by atoms with Crippen LogP contribution in [0.25, 0.3) is 0 Å². The van der Waals surface area contributed by atoms with Crippen molar-refractivity contribution >= 4 is 6.29 Å². The van der Waals surface area contributed by atoms with Crippen LogP contribution in [-0.4, -0.2) is 11.4 Å². The summed E-state index contributed by atoms with van der Waals surface area (Å²) in [6.45, 7) is 0. The molecule has 0 radical (unpaired) electrons. The van der Waals surface area contributed by atoms with E-state index in [0.717, 1.165) is 6.07 Å². The number of phenols is 1. The molecule has 0 atom stereocenters. The molecule has 1 rings (SSSR count). The molecule has 0 aromatic heterocycles. The van der Waals surface area contributed by atoms with Crippen LogP contribution in [0.4, 0.5) is 8.78 Å². The van der Waals surface area contributed by atoms with E-state index in [1.54, 1.807) is 0 Å². The lowest BCUT2D eigenvalue weighted by Gasteiger charge is -1.96. The highest BCUT2D eigenvalue weighted by Gasteiger charge is 2.07. The van der Waals surface area contributed by atoms with Crippen molar-refractivity contribution in [2.75, 3.05) is 0 Å². The number of hydrogen-bond acceptors (Lipinski definition) is 2. The van der Waals surface area contributed by atoms with Gasteiger partial charge in [0, 0.05) is 6.07 Å². The first kappa shape index (κ1) is 7.65. The van der Waals surface area contributed by atoms with Crippen molar-refractivity contribution in [2.24, 2.45) is 0 Å². The number of carbonyl (C=O) groups excluding carboxylic acids is 1. The van der Waals surface area contributed by atoms with E-state index in [4.69, 9.17) is 5.11 Å². The van der Waals surface area contributed by atoms with Gasteiger partial charge in [0.2, 0.25) is 0 Å². The molecular formula is C7H4F2O2. The second kappa shape index (κ2) is 2.65. The van der Waals surface area contributed by atoms with Gasteiger partial charge in [0.05, 0.1) is 5.56 Å². The summed E-state index contributed by atoms with van der Waals surface area (Å²) in [6.07, 6.45) is 0.203. The zero-order valence-electron chi connectivity index (χ0n) is 5.34. The summed E-state index contributed by atoms with van der Waals surface area (Å²) < 4.78 is 24.7. The zero-order valence-corrected chi connectivity index (χ0v) is 5.34. The summed E-state index contributed by atoms with van der Waals surface area (Å²) in [6, 6.07) is 1.19. The first-order valence-corrected chi connectivity index (χ1v) is 2.78. The maximum Gasteiger partial charge on any atom is 0.167 e. The largest absolute Gasteiger partial charge is 0.505 e. The molecule has 0 aliphatic carbocycles. The Morgan fingerprint density at radius 2 is 1.91 bits per heavy atom. The van der Waals surface area contributed by atoms with Crippen LogP contribution in [0.1, 0.15) is 10.4 Å². The van der Waals surface area contributed by atoms with E-state index in [2.05, 4.69) is 0 Å². The Balaban J connectivity index is 3.31. The normalized spacial score (nSPS) is 9.64. The number of carbonyl (C=O) groups is 1. The smallest absolute Gasteiger partial charge is 0.167 e. The number of aldehydes is 1. The summed E-state index contributed by atoms with van der Waals surface area (Å²) in [5.74, 6) is -2.78. The standard InChI is InChI=1S/C7H4F2O2/c8-5-2-6(9)7(11)1-4(5)3-10/h1-3,11H. The summed E-state index contributed by atoms with van der Waals surface area (Å²) >= 11 is 0. The van der Waals surface area contributed by atoms with Gasteiger partial charge in [-0.1, -0.05) is 0 Å². The molecule has 4 heteroatoms. The lowest BCUT2D eigenvalue weighted by molar-refractivity contribution is 0.111. The Bertz CT molecular complexity index is 297. The number of aromatic hydroxyl groups is 1. The van der Waals surface area contributed by atoms with Gasteiger partial charge < -0.3 is 5.11 Å². The summed E-state index contributed by atoms with van der Waals surface area (Å²) in [7, 11) is 0. The molecule has 0 saturated heterocycles. The van der Waals surface area contributed by atoms with Gasteiger partial charge in [-0.3, -0.25) is 4.79 Å². The molecule has 2 nitrogen and oxygen atoms in total. The van der Waals surface area contributed by atoms with E-state index in [9.17, 15) is 13.6 Å². The Hall–Kier alpha value is -1.45. The van der Waals surface area contributed by atoms with E-state index in [1.807, 2.05) is 0 Å². The number of halogens is 2. The molecular weight excluding hydrogens is 154 g/mol. The molecule has 0 aliphatic rings. The minimum Gasteiger partial charge on any atom is -0.505 e. The van der Waals surface area contributed by atoms with Crippen LogP contribution in [0.2, 0.25) is 0 Å². The molecule has 1 aromatic carbocycles. The van der Waals surface area contributed by atoms with Gasteiger partial charge in [0.25, 0.3) is 0 Å². The highest BCUT2D eigenvalue weighted by Crippen LogP contribution is 2.18. The molecule has 0 amide bonds. The second-order valence-corrected chi connectivity index (χ2v) is 1.94. The molecule has 1 aromatic rings. The monoisotopic (exact) mass is 158 g/mol. The SMILES string of the molecule is O=Cc1cc(O)c(F)cc1F. The first-order chi connectivity index (χ1) is 5.15. The topological polar surface area (TPSA) is 37.3 Å².